The number of ether oxygens (including phenoxy) is 2. The SMILES string of the molecule is CN(Cc1cc(C(F)(F)F)cc(C(F)(F)F)c1)C(=O)c1c(OCCCC2CCN(C(=O)OC3(C)CC3)CC2)c2ccccc2n(C)c1=O. The second-order valence-electron chi connectivity index (χ2n) is 12.9. The summed E-state index contributed by atoms with van der Waals surface area (Å²) >= 11 is 0. The van der Waals surface area contributed by atoms with Gasteiger partial charge in [0.05, 0.1) is 23.3 Å². The van der Waals surface area contributed by atoms with Crippen LogP contribution in [0.4, 0.5) is 31.1 Å². The van der Waals surface area contributed by atoms with Crippen LogP contribution in [0.2, 0.25) is 0 Å². The quantitative estimate of drug-likeness (QED) is 0.174. The molecule has 8 nitrogen and oxygen atoms in total. The number of nitrogens with zero attached hydrogens (tertiary/aromatic N) is 3. The molecule has 2 aromatic carbocycles. The van der Waals surface area contributed by atoms with Crippen LogP contribution in [-0.2, 0) is 30.7 Å². The number of para-hydroxylation sites is 1. The van der Waals surface area contributed by atoms with Gasteiger partial charge in [-0.3, -0.25) is 9.59 Å². The molecule has 1 saturated carbocycles. The number of piperidine rings is 1. The molecule has 1 aliphatic carbocycles. The highest BCUT2D eigenvalue weighted by Crippen LogP contribution is 2.40. The summed E-state index contributed by atoms with van der Waals surface area (Å²) in [6, 6.07) is 7.86. The van der Waals surface area contributed by atoms with Gasteiger partial charge in [0, 0.05) is 39.1 Å². The van der Waals surface area contributed by atoms with Crippen molar-refractivity contribution in [2.24, 2.45) is 13.0 Å². The first-order chi connectivity index (χ1) is 22.5. The van der Waals surface area contributed by atoms with Gasteiger partial charge >= 0.3 is 18.4 Å². The van der Waals surface area contributed by atoms with Crippen molar-refractivity contribution in [3.05, 3.63) is 75.1 Å². The van der Waals surface area contributed by atoms with Crippen LogP contribution >= 0.6 is 0 Å². The third kappa shape index (κ3) is 7.90. The molecule has 0 unspecified atom stereocenters. The first kappa shape index (κ1) is 35.1. The number of halogens is 6. The smallest absolute Gasteiger partial charge is 0.416 e. The Balaban J connectivity index is 1.31. The zero-order valence-electron chi connectivity index (χ0n) is 26.8. The van der Waals surface area contributed by atoms with Crippen molar-refractivity contribution in [1.82, 2.24) is 14.4 Å². The Morgan fingerprint density at radius 2 is 1.58 bits per heavy atom. The summed E-state index contributed by atoms with van der Waals surface area (Å²) in [5, 5.41) is 0.450. The van der Waals surface area contributed by atoms with Crippen LogP contribution < -0.4 is 10.3 Å². The second-order valence-corrected chi connectivity index (χ2v) is 12.9. The van der Waals surface area contributed by atoms with E-state index in [4.69, 9.17) is 9.47 Å². The highest BCUT2D eigenvalue weighted by atomic mass is 19.4. The summed E-state index contributed by atoms with van der Waals surface area (Å²) < 4.78 is 93.5. The third-order valence-corrected chi connectivity index (χ3v) is 9.05. The number of amides is 2. The number of aromatic nitrogens is 1. The summed E-state index contributed by atoms with van der Waals surface area (Å²) in [5.41, 5.74) is -4.37. The summed E-state index contributed by atoms with van der Waals surface area (Å²) in [6.07, 6.45) is -5.71. The minimum absolute atomic E-state index is 0.00305. The molecule has 48 heavy (non-hydrogen) atoms. The van der Waals surface area contributed by atoms with E-state index in [-0.39, 0.29) is 35.7 Å². The number of benzene rings is 2. The number of alkyl halides is 6. The van der Waals surface area contributed by atoms with E-state index >= 15 is 0 Å². The van der Waals surface area contributed by atoms with Gasteiger partial charge in [0.1, 0.15) is 16.9 Å². The summed E-state index contributed by atoms with van der Waals surface area (Å²) in [5.74, 6) is -0.589. The molecule has 260 valence electrons. The topological polar surface area (TPSA) is 81.1 Å². The van der Waals surface area contributed by atoms with E-state index in [9.17, 15) is 40.7 Å². The molecule has 2 aliphatic rings. The van der Waals surface area contributed by atoms with Gasteiger partial charge in [-0.05, 0) is 87.3 Å². The van der Waals surface area contributed by atoms with Crippen molar-refractivity contribution in [2.45, 2.75) is 69.9 Å². The molecule has 0 atom stereocenters. The minimum atomic E-state index is -5.05. The van der Waals surface area contributed by atoms with Crippen LogP contribution in [-0.4, -0.2) is 58.7 Å². The first-order valence-electron chi connectivity index (χ1n) is 15.7. The number of hydrogen-bond donors (Lipinski definition) is 0. The predicted octanol–water partition coefficient (Wildman–Crippen LogP) is 7.41. The highest BCUT2D eigenvalue weighted by molar-refractivity contribution is 6.02. The third-order valence-electron chi connectivity index (χ3n) is 9.05. The van der Waals surface area contributed by atoms with Gasteiger partial charge < -0.3 is 23.8 Å². The molecule has 1 saturated heterocycles. The van der Waals surface area contributed by atoms with Crippen LogP contribution in [0.15, 0.2) is 47.3 Å². The van der Waals surface area contributed by atoms with Crippen molar-refractivity contribution >= 4 is 22.9 Å². The lowest BCUT2D eigenvalue weighted by Gasteiger charge is -2.32. The molecule has 0 spiro atoms. The predicted molar refractivity (Wildman–Crippen MR) is 165 cm³/mol. The fourth-order valence-electron chi connectivity index (χ4n) is 5.96. The van der Waals surface area contributed by atoms with Crippen LogP contribution in [0.1, 0.15) is 72.5 Å². The number of carbonyl (C=O) groups excluding carboxylic acids is 2. The van der Waals surface area contributed by atoms with Crippen LogP contribution in [0.25, 0.3) is 10.9 Å². The van der Waals surface area contributed by atoms with Gasteiger partial charge in [-0.25, -0.2) is 4.79 Å². The molecular formula is C34H37F6N3O5. The molecule has 2 fully saturated rings. The van der Waals surface area contributed by atoms with E-state index in [0.29, 0.717) is 48.5 Å². The molecular weight excluding hydrogens is 644 g/mol. The van der Waals surface area contributed by atoms with Gasteiger partial charge in [-0.1, -0.05) is 12.1 Å². The average molecular weight is 682 g/mol. The molecule has 0 N–H and O–H groups in total. The van der Waals surface area contributed by atoms with Crippen molar-refractivity contribution in [1.29, 1.82) is 0 Å². The largest absolute Gasteiger partial charge is 0.492 e. The molecule has 2 heterocycles. The maximum absolute atomic E-state index is 13.8. The molecule has 3 aromatic rings. The van der Waals surface area contributed by atoms with E-state index in [1.54, 1.807) is 29.2 Å². The standard InChI is InChI=1S/C34H37F6N3O5/c1-32(12-13-32)48-31(46)43-14-10-21(11-15-43)7-6-16-47-28-25-8-4-5-9-26(25)42(3)30(45)27(28)29(44)41(2)20-22-17-23(33(35,36)37)19-24(18-22)34(38,39)40/h4-5,8-9,17-19,21H,6-7,10-16,20H2,1-3H3. The van der Waals surface area contributed by atoms with Gasteiger partial charge in [-0.2, -0.15) is 26.3 Å². The van der Waals surface area contributed by atoms with Crippen LogP contribution in [0.5, 0.6) is 5.75 Å². The van der Waals surface area contributed by atoms with E-state index in [1.165, 1.54) is 18.7 Å². The number of rotatable bonds is 9. The Kier molecular flexibility index (Phi) is 9.76. The van der Waals surface area contributed by atoms with Gasteiger partial charge in [0.25, 0.3) is 11.5 Å². The maximum atomic E-state index is 13.8. The molecule has 5 rings (SSSR count). The Morgan fingerprint density at radius 1 is 0.979 bits per heavy atom. The number of likely N-dealkylation sites (tertiary alicyclic amines) is 1. The van der Waals surface area contributed by atoms with E-state index < -0.39 is 47.1 Å². The molecule has 1 aliphatic heterocycles. The van der Waals surface area contributed by atoms with Crippen molar-refractivity contribution in [3.8, 4) is 5.75 Å². The van der Waals surface area contributed by atoms with Crippen molar-refractivity contribution < 1.29 is 45.4 Å². The lowest BCUT2D eigenvalue weighted by Crippen LogP contribution is -2.40. The Hall–Kier alpha value is -4.23. The molecule has 0 bridgehead atoms. The molecule has 14 heteroatoms. The zero-order valence-corrected chi connectivity index (χ0v) is 26.8. The van der Waals surface area contributed by atoms with Crippen molar-refractivity contribution in [2.75, 3.05) is 26.7 Å². The normalized spacial score (nSPS) is 16.6. The van der Waals surface area contributed by atoms with Crippen LogP contribution in [0.3, 0.4) is 0 Å². The van der Waals surface area contributed by atoms with E-state index in [0.717, 1.165) is 37.0 Å². The Labute approximate surface area is 273 Å². The lowest BCUT2D eigenvalue weighted by molar-refractivity contribution is -0.143. The Bertz CT molecular complexity index is 1710. The number of fused-ring (bicyclic) bond motifs is 1. The number of aryl methyl sites for hydroxylation is 1. The summed E-state index contributed by atoms with van der Waals surface area (Å²) in [7, 11) is 2.65. The molecule has 0 radical (unpaired) electrons. The fourth-order valence-corrected chi connectivity index (χ4v) is 5.96. The fraction of sp³-hybridized carbons (Fsp3) is 0.500. The maximum Gasteiger partial charge on any atom is 0.416 e. The summed E-state index contributed by atoms with van der Waals surface area (Å²) in [6.45, 7) is 2.60. The van der Waals surface area contributed by atoms with Gasteiger partial charge in [-0.15, -0.1) is 0 Å². The zero-order chi connectivity index (χ0) is 35.0. The molecule has 1 aromatic heterocycles. The lowest BCUT2D eigenvalue weighted by atomic mass is 9.92. The van der Waals surface area contributed by atoms with Gasteiger partial charge in [0.15, 0.2) is 0 Å². The average Bonchev–Trinajstić information content (AvgIpc) is 3.76. The number of carbonyl (C=O) groups is 2. The van der Waals surface area contributed by atoms with E-state index in [1.807, 2.05) is 6.92 Å². The van der Waals surface area contributed by atoms with Crippen LogP contribution in [0, 0.1) is 5.92 Å². The summed E-state index contributed by atoms with van der Waals surface area (Å²) in [4.78, 5) is 42.3. The monoisotopic (exact) mass is 681 g/mol. The van der Waals surface area contributed by atoms with Crippen molar-refractivity contribution in [3.63, 3.8) is 0 Å². The second kappa shape index (κ2) is 13.3. The van der Waals surface area contributed by atoms with E-state index in [2.05, 4.69) is 0 Å². The number of pyridine rings is 1. The van der Waals surface area contributed by atoms with Gasteiger partial charge in [0.2, 0.25) is 0 Å². The minimum Gasteiger partial charge on any atom is -0.492 e. The highest BCUT2D eigenvalue weighted by Gasteiger charge is 2.43. The molecule has 2 amide bonds. The Morgan fingerprint density at radius 3 is 2.17 bits per heavy atom. The number of hydrogen-bond acceptors (Lipinski definition) is 5. The first-order valence-corrected chi connectivity index (χ1v) is 15.7.